The number of halogens is 1. The first-order valence-electron chi connectivity index (χ1n) is 7.41. The second-order valence-electron chi connectivity index (χ2n) is 5.27. The third-order valence-electron chi connectivity index (χ3n) is 3.40. The lowest BCUT2D eigenvalue weighted by Crippen LogP contribution is -2.29. The third kappa shape index (κ3) is 5.35. The number of carbonyl (C=O) groups excluding carboxylic acids is 1. The summed E-state index contributed by atoms with van der Waals surface area (Å²) in [6.07, 6.45) is 0. The van der Waals surface area contributed by atoms with Crippen molar-refractivity contribution in [2.24, 2.45) is 0 Å². The van der Waals surface area contributed by atoms with E-state index in [1.807, 2.05) is 17.5 Å². The normalized spacial score (nSPS) is 11.5. The second kappa shape index (κ2) is 8.91. The molecule has 0 radical (unpaired) electrons. The van der Waals surface area contributed by atoms with Crippen LogP contribution in [0.5, 0.6) is 0 Å². The van der Waals surface area contributed by atoms with Crippen molar-refractivity contribution in [3.63, 3.8) is 0 Å². The van der Waals surface area contributed by atoms with Crippen LogP contribution in [0.25, 0.3) is 0 Å². The maximum Gasteiger partial charge on any atom is 0.255 e. The van der Waals surface area contributed by atoms with E-state index in [-0.39, 0.29) is 24.0 Å². The van der Waals surface area contributed by atoms with E-state index in [9.17, 15) is 13.2 Å². The van der Waals surface area contributed by atoms with Crippen molar-refractivity contribution in [2.75, 3.05) is 27.3 Å². The lowest BCUT2D eigenvalue weighted by Gasteiger charge is -2.18. The summed E-state index contributed by atoms with van der Waals surface area (Å²) in [7, 11) is -0.519. The van der Waals surface area contributed by atoms with E-state index in [0.29, 0.717) is 16.6 Å². The van der Waals surface area contributed by atoms with Crippen molar-refractivity contribution in [3.8, 4) is 0 Å². The van der Waals surface area contributed by atoms with Crippen LogP contribution in [0.3, 0.4) is 0 Å². The third-order valence-corrected chi connectivity index (χ3v) is 6.41. The van der Waals surface area contributed by atoms with E-state index in [0.717, 1.165) is 4.88 Å². The standard InChI is InChI=1S/C16H19BrN2O4S2/c1-19(11-12-4-3-9-24-12)16(20)14-10-13(5-6-15(14)17)25(21,22)18-7-8-23-2/h3-6,9-10,18H,7-8,11H2,1-2H3. The van der Waals surface area contributed by atoms with Gasteiger partial charge in [-0.05, 0) is 45.6 Å². The zero-order valence-electron chi connectivity index (χ0n) is 13.9. The Balaban J connectivity index is 2.21. The van der Waals surface area contributed by atoms with Gasteiger partial charge in [-0.15, -0.1) is 11.3 Å². The van der Waals surface area contributed by atoms with E-state index in [2.05, 4.69) is 20.7 Å². The van der Waals surface area contributed by atoms with Gasteiger partial charge in [0.05, 0.1) is 23.6 Å². The number of carbonyl (C=O) groups is 1. The molecule has 1 amide bonds. The molecular formula is C16H19BrN2O4S2. The number of nitrogens with one attached hydrogen (secondary N) is 1. The highest BCUT2D eigenvalue weighted by molar-refractivity contribution is 9.10. The van der Waals surface area contributed by atoms with Crippen LogP contribution in [0.4, 0.5) is 0 Å². The SMILES string of the molecule is COCCNS(=O)(=O)c1ccc(Br)c(C(=O)N(C)Cc2cccs2)c1. The van der Waals surface area contributed by atoms with E-state index in [4.69, 9.17) is 4.74 Å². The van der Waals surface area contributed by atoms with Crippen molar-refractivity contribution in [2.45, 2.75) is 11.4 Å². The van der Waals surface area contributed by atoms with Crippen LogP contribution in [0.2, 0.25) is 0 Å². The average Bonchev–Trinajstić information content (AvgIpc) is 3.07. The summed E-state index contributed by atoms with van der Waals surface area (Å²) in [6, 6.07) is 8.27. The topological polar surface area (TPSA) is 75.7 Å². The van der Waals surface area contributed by atoms with Gasteiger partial charge in [-0.25, -0.2) is 13.1 Å². The number of amides is 1. The Hall–Kier alpha value is -1.26. The zero-order valence-corrected chi connectivity index (χ0v) is 17.1. The molecule has 9 heteroatoms. The highest BCUT2D eigenvalue weighted by Crippen LogP contribution is 2.23. The van der Waals surface area contributed by atoms with E-state index < -0.39 is 10.0 Å². The Morgan fingerprint density at radius 2 is 2.12 bits per heavy atom. The van der Waals surface area contributed by atoms with Gasteiger partial charge in [-0.1, -0.05) is 6.07 Å². The molecule has 1 heterocycles. The van der Waals surface area contributed by atoms with Crippen LogP contribution < -0.4 is 4.72 Å². The van der Waals surface area contributed by atoms with Gasteiger partial charge in [0, 0.05) is 30.1 Å². The van der Waals surface area contributed by atoms with Crippen LogP contribution in [0, 0.1) is 0 Å². The summed E-state index contributed by atoms with van der Waals surface area (Å²) in [6.45, 7) is 0.896. The van der Waals surface area contributed by atoms with Crippen molar-refractivity contribution in [1.82, 2.24) is 9.62 Å². The molecule has 2 rings (SSSR count). The maximum absolute atomic E-state index is 12.7. The molecule has 0 bridgehead atoms. The van der Waals surface area contributed by atoms with Gasteiger partial charge in [-0.3, -0.25) is 4.79 Å². The highest BCUT2D eigenvalue weighted by Gasteiger charge is 2.20. The smallest absolute Gasteiger partial charge is 0.255 e. The van der Waals surface area contributed by atoms with Crippen LogP contribution >= 0.6 is 27.3 Å². The molecule has 0 unspecified atom stereocenters. The molecule has 0 atom stereocenters. The molecule has 0 aliphatic heterocycles. The van der Waals surface area contributed by atoms with Gasteiger partial charge in [-0.2, -0.15) is 0 Å². The molecule has 136 valence electrons. The van der Waals surface area contributed by atoms with Crippen molar-refractivity contribution in [1.29, 1.82) is 0 Å². The lowest BCUT2D eigenvalue weighted by molar-refractivity contribution is 0.0785. The minimum absolute atomic E-state index is 0.0414. The number of hydrogen-bond acceptors (Lipinski definition) is 5. The number of thiophene rings is 1. The predicted molar refractivity (Wildman–Crippen MR) is 101 cm³/mol. The number of rotatable bonds is 8. The summed E-state index contributed by atoms with van der Waals surface area (Å²) in [4.78, 5) is 15.3. The van der Waals surface area contributed by atoms with E-state index >= 15 is 0 Å². The minimum Gasteiger partial charge on any atom is -0.383 e. The minimum atomic E-state index is -3.70. The van der Waals surface area contributed by atoms with Crippen LogP contribution in [-0.4, -0.2) is 46.5 Å². The quantitative estimate of drug-likeness (QED) is 0.632. The fourth-order valence-electron chi connectivity index (χ4n) is 2.11. The fraction of sp³-hybridized carbons (Fsp3) is 0.312. The molecule has 0 saturated heterocycles. The second-order valence-corrected chi connectivity index (χ2v) is 8.93. The van der Waals surface area contributed by atoms with Crippen LogP contribution in [-0.2, 0) is 21.3 Å². The summed E-state index contributed by atoms with van der Waals surface area (Å²) < 4.78 is 32.5. The molecular weight excluding hydrogens is 428 g/mol. The fourth-order valence-corrected chi connectivity index (χ4v) is 4.32. The number of nitrogens with zero attached hydrogens (tertiary/aromatic N) is 1. The molecule has 1 aromatic heterocycles. The summed E-state index contributed by atoms with van der Waals surface area (Å²) in [5.74, 6) is -0.255. The Bertz CT molecular complexity index is 823. The van der Waals surface area contributed by atoms with Crippen molar-refractivity contribution >= 4 is 43.2 Å². The molecule has 2 aromatic rings. The Morgan fingerprint density at radius 3 is 2.76 bits per heavy atom. The monoisotopic (exact) mass is 446 g/mol. The molecule has 0 saturated carbocycles. The predicted octanol–water partition coefficient (Wildman–Crippen LogP) is 2.71. The number of ether oxygens (including phenoxy) is 1. The van der Waals surface area contributed by atoms with E-state index in [1.54, 1.807) is 29.4 Å². The Kier molecular flexibility index (Phi) is 7.14. The number of sulfonamides is 1. The average molecular weight is 447 g/mol. The Labute approximate surface area is 160 Å². The van der Waals surface area contributed by atoms with Crippen LogP contribution in [0.15, 0.2) is 45.1 Å². The first-order chi connectivity index (χ1) is 11.8. The maximum atomic E-state index is 12.7. The summed E-state index contributed by atoms with van der Waals surface area (Å²) >= 11 is 4.89. The van der Waals surface area contributed by atoms with Gasteiger partial charge in [0.25, 0.3) is 5.91 Å². The van der Waals surface area contributed by atoms with E-state index in [1.165, 1.54) is 19.2 Å². The van der Waals surface area contributed by atoms with Gasteiger partial charge in [0.15, 0.2) is 0 Å². The van der Waals surface area contributed by atoms with Crippen molar-refractivity contribution < 1.29 is 17.9 Å². The molecule has 0 aliphatic rings. The first-order valence-corrected chi connectivity index (χ1v) is 10.6. The molecule has 25 heavy (non-hydrogen) atoms. The van der Waals surface area contributed by atoms with Crippen molar-refractivity contribution in [3.05, 3.63) is 50.6 Å². The Morgan fingerprint density at radius 1 is 1.36 bits per heavy atom. The molecule has 1 aromatic carbocycles. The van der Waals surface area contributed by atoms with Gasteiger partial charge < -0.3 is 9.64 Å². The largest absolute Gasteiger partial charge is 0.383 e. The van der Waals surface area contributed by atoms with Crippen LogP contribution in [0.1, 0.15) is 15.2 Å². The highest BCUT2D eigenvalue weighted by atomic mass is 79.9. The number of hydrogen-bond donors (Lipinski definition) is 1. The first kappa shape index (κ1) is 20.1. The molecule has 0 aliphatic carbocycles. The molecule has 1 N–H and O–H groups in total. The number of methoxy groups -OCH3 is 1. The molecule has 0 fully saturated rings. The molecule has 0 spiro atoms. The lowest BCUT2D eigenvalue weighted by atomic mass is 10.2. The number of benzene rings is 1. The summed E-state index contributed by atoms with van der Waals surface area (Å²) in [5.41, 5.74) is 0.300. The van der Waals surface area contributed by atoms with Gasteiger partial charge in [0.1, 0.15) is 0 Å². The summed E-state index contributed by atoms with van der Waals surface area (Å²) in [5, 5.41) is 1.95. The zero-order chi connectivity index (χ0) is 18.4. The van der Waals surface area contributed by atoms with Gasteiger partial charge >= 0.3 is 0 Å². The molecule has 6 nitrogen and oxygen atoms in total. The van der Waals surface area contributed by atoms with Gasteiger partial charge in [0.2, 0.25) is 10.0 Å².